The molecule has 21 heavy (non-hydrogen) atoms. The van der Waals surface area contributed by atoms with Crippen LogP contribution in [-0.4, -0.2) is 24.0 Å². The van der Waals surface area contributed by atoms with Gasteiger partial charge in [-0.15, -0.1) is 6.42 Å². The number of para-hydroxylation sites is 1. The first-order valence-corrected chi connectivity index (χ1v) is 7.93. The van der Waals surface area contributed by atoms with Crippen molar-refractivity contribution < 1.29 is 4.42 Å². The zero-order valence-electron chi connectivity index (χ0n) is 13.1. The summed E-state index contributed by atoms with van der Waals surface area (Å²) in [6.07, 6.45) is 9.91. The lowest BCUT2D eigenvalue weighted by Gasteiger charge is -2.29. The van der Waals surface area contributed by atoms with Gasteiger partial charge in [0, 0.05) is 17.8 Å². The van der Waals surface area contributed by atoms with Gasteiger partial charge < -0.3 is 4.42 Å². The molecule has 1 aromatic carbocycles. The highest BCUT2D eigenvalue weighted by Crippen LogP contribution is 2.22. The lowest BCUT2D eigenvalue weighted by atomic mass is 10.0. The first kappa shape index (κ1) is 15.7. The molecule has 0 bridgehead atoms. The summed E-state index contributed by atoms with van der Waals surface area (Å²) in [6, 6.07) is 10.8. The number of fused-ring (bicyclic) bond motifs is 1. The van der Waals surface area contributed by atoms with E-state index in [4.69, 9.17) is 10.8 Å². The Balaban J connectivity index is 2.15. The molecule has 0 unspecified atom stereocenters. The third kappa shape index (κ3) is 4.12. The molecule has 0 aliphatic rings. The van der Waals surface area contributed by atoms with Crippen LogP contribution in [0.5, 0.6) is 0 Å². The van der Waals surface area contributed by atoms with E-state index in [1.165, 1.54) is 5.39 Å². The molecule has 0 aliphatic carbocycles. The van der Waals surface area contributed by atoms with E-state index in [0.29, 0.717) is 6.04 Å². The quantitative estimate of drug-likeness (QED) is 0.664. The first-order chi connectivity index (χ1) is 10.3. The largest absolute Gasteiger partial charge is 0.461 e. The molecular formula is C19H25NO. The molecule has 0 spiro atoms. The Hall–Kier alpha value is -1.72. The fraction of sp³-hybridized carbons (Fsp3) is 0.474. The predicted octanol–water partition coefficient (Wildman–Crippen LogP) is 4.49. The van der Waals surface area contributed by atoms with Crippen molar-refractivity contribution in [1.82, 2.24) is 4.90 Å². The second-order valence-electron chi connectivity index (χ2n) is 5.57. The van der Waals surface area contributed by atoms with Crippen LogP contribution in [0.2, 0.25) is 0 Å². The maximum absolute atomic E-state index is 5.97. The summed E-state index contributed by atoms with van der Waals surface area (Å²) < 4.78 is 5.97. The molecule has 1 aromatic heterocycles. The molecule has 2 aromatic rings. The highest BCUT2D eigenvalue weighted by molar-refractivity contribution is 5.77. The van der Waals surface area contributed by atoms with E-state index in [0.717, 1.165) is 50.1 Å². The SMILES string of the molecule is C#CCN(CCC)[C@H](CCC)Cc1cc2ccccc2o1. The number of nitrogens with zero attached hydrogens (tertiary/aromatic N) is 1. The molecule has 0 amide bonds. The third-order valence-corrected chi connectivity index (χ3v) is 3.86. The Bertz CT molecular complexity index is 560. The standard InChI is InChI=1S/C19H25NO/c1-4-9-17(20(12-5-2)13-6-3)15-18-14-16-10-7-8-11-19(16)21-18/h2,7-8,10-11,14,17H,4,6,9,12-13,15H2,1,3H3/t17-/m1/s1. The van der Waals surface area contributed by atoms with E-state index in [2.05, 4.69) is 36.8 Å². The molecule has 1 heterocycles. The van der Waals surface area contributed by atoms with Crippen molar-refractivity contribution in [2.45, 2.75) is 45.6 Å². The van der Waals surface area contributed by atoms with Gasteiger partial charge in [-0.3, -0.25) is 4.90 Å². The van der Waals surface area contributed by atoms with Crippen LogP contribution in [0.3, 0.4) is 0 Å². The van der Waals surface area contributed by atoms with E-state index >= 15 is 0 Å². The Morgan fingerprint density at radius 1 is 1.24 bits per heavy atom. The second kappa shape index (κ2) is 7.90. The molecule has 112 valence electrons. The van der Waals surface area contributed by atoms with Crippen LogP contribution >= 0.6 is 0 Å². The van der Waals surface area contributed by atoms with Crippen LogP contribution in [-0.2, 0) is 6.42 Å². The summed E-state index contributed by atoms with van der Waals surface area (Å²) >= 11 is 0. The summed E-state index contributed by atoms with van der Waals surface area (Å²) in [4.78, 5) is 2.41. The second-order valence-corrected chi connectivity index (χ2v) is 5.57. The molecule has 2 nitrogen and oxygen atoms in total. The van der Waals surface area contributed by atoms with E-state index in [1.54, 1.807) is 0 Å². The topological polar surface area (TPSA) is 16.4 Å². The molecule has 0 radical (unpaired) electrons. The molecule has 0 N–H and O–H groups in total. The fourth-order valence-corrected chi connectivity index (χ4v) is 2.91. The van der Waals surface area contributed by atoms with E-state index in [1.807, 2.05) is 18.2 Å². The summed E-state index contributed by atoms with van der Waals surface area (Å²) in [6.45, 7) is 6.20. The number of hydrogen-bond donors (Lipinski definition) is 0. The van der Waals surface area contributed by atoms with Gasteiger partial charge in [-0.05, 0) is 31.5 Å². The molecule has 0 fully saturated rings. The van der Waals surface area contributed by atoms with E-state index in [9.17, 15) is 0 Å². The maximum Gasteiger partial charge on any atom is 0.134 e. The van der Waals surface area contributed by atoms with Gasteiger partial charge >= 0.3 is 0 Å². The van der Waals surface area contributed by atoms with Gasteiger partial charge in [0.2, 0.25) is 0 Å². The highest BCUT2D eigenvalue weighted by atomic mass is 16.3. The molecule has 0 aliphatic heterocycles. The van der Waals surface area contributed by atoms with Gasteiger partial charge in [-0.2, -0.15) is 0 Å². The minimum atomic E-state index is 0.464. The van der Waals surface area contributed by atoms with Gasteiger partial charge in [0.1, 0.15) is 11.3 Å². The Morgan fingerprint density at radius 3 is 2.71 bits per heavy atom. The van der Waals surface area contributed by atoms with Crippen molar-refractivity contribution in [1.29, 1.82) is 0 Å². The monoisotopic (exact) mass is 283 g/mol. The van der Waals surface area contributed by atoms with Crippen LogP contribution in [0.25, 0.3) is 11.0 Å². The number of furan rings is 1. The minimum Gasteiger partial charge on any atom is -0.461 e. The molecule has 1 atom stereocenters. The molecule has 2 rings (SSSR count). The lowest BCUT2D eigenvalue weighted by Crippen LogP contribution is -2.37. The van der Waals surface area contributed by atoms with Crippen LogP contribution in [0.15, 0.2) is 34.7 Å². The summed E-state index contributed by atoms with van der Waals surface area (Å²) in [7, 11) is 0. The number of terminal acetylenes is 1. The number of rotatable bonds is 8. The Kier molecular flexibility index (Phi) is 5.90. The average Bonchev–Trinajstić information content (AvgIpc) is 2.89. The van der Waals surface area contributed by atoms with Crippen molar-refractivity contribution in [2.24, 2.45) is 0 Å². The molecular weight excluding hydrogens is 258 g/mol. The number of benzene rings is 1. The van der Waals surface area contributed by atoms with Crippen LogP contribution in [0, 0.1) is 12.3 Å². The molecule has 2 heteroatoms. The summed E-state index contributed by atoms with van der Waals surface area (Å²) in [5, 5.41) is 1.18. The summed E-state index contributed by atoms with van der Waals surface area (Å²) in [5.41, 5.74) is 0.974. The van der Waals surface area contributed by atoms with Gasteiger partial charge in [0.15, 0.2) is 0 Å². The normalized spacial score (nSPS) is 12.7. The van der Waals surface area contributed by atoms with Gasteiger partial charge in [0.25, 0.3) is 0 Å². The zero-order valence-corrected chi connectivity index (χ0v) is 13.1. The van der Waals surface area contributed by atoms with Crippen LogP contribution in [0.4, 0.5) is 0 Å². The first-order valence-electron chi connectivity index (χ1n) is 7.93. The van der Waals surface area contributed by atoms with Crippen molar-refractivity contribution in [3.63, 3.8) is 0 Å². The molecule has 0 saturated heterocycles. The van der Waals surface area contributed by atoms with E-state index < -0.39 is 0 Å². The van der Waals surface area contributed by atoms with Crippen molar-refractivity contribution in [2.75, 3.05) is 13.1 Å². The van der Waals surface area contributed by atoms with Gasteiger partial charge in [0.05, 0.1) is 6.54 Å². The van der Waals surface area contributed by atoms with Crippen molar-refractivity contribution in [3.8, 4) is 12.3 Å². The van der Waals surface area contributed by atoms with Crippen molar-refractivity contribution in [3.05, 3.63) is 36.1 Å². The van der Waals surface area contributed by atoms with Crippen LogP contribution in [0.1, 0.15) is 38.9 Å². The maximum atomic E-state index is 5.97. The number of hydrogen-bond acceptors (Lipinski definition) is 2. The van der Waals surface area contributed by atoms with Gasteiger partial charge in [-0.25, -0.2) is 0 Å². The Morgan fingerprint density at radius 2 is 2.05 bits per heavy atom. The minimum absolute atomic E-state index is 0.464. The average molecular weight is 283 g/mol. The highest BCUT2D eigenvalue weighted by Gasteiger charge is 2.18. The third-order valence-electron chi connectivity index (χ3n) is 3.86. The smallest absolute Gasteiger partial charge is 0.134 e. The van der Waals surface area contributed by atoms with Crippen LogP contribution < -0.4 is 0 Å². The predicted molar refractivity (Wildman–Crippen MR) is 89.3 cm³/mol. The van der Waals surface area contributed by atoms with Crippen molar-refractivity contribution >= 4 is 11.0 Å². The van der Waals surface area contributed by atoms with Gasteiger partial charge in [-0.1, -0.05) is 44.4 Å². The zero-order chi connectivity index (χ0) is 15.1. The summed E-state index contributed by atoms with van der Waals surface area (Å²) in [5.74, 6) is 3.86. The Labute approximate surface area is 128 Å². The fourth-order valence-electron chi connectivity index (χ4n) is 2.91. The van der Waals surface area contributed by atoms with E-state index in [-0.39, 0.29) is 0 Å². The molecule has 0 saturated carbocycles. The lowest BCUT2D eigenvalue weighted by molar-refractivity contribution is 0.200.